The number of hydrogen-bond donors (Lipinski definition) is 1. The van der Waals surface area contributed by atoms with E-state index in [0.29, 0.717) is 5.02 Å². The Bertz CT molecular complexity index is 577. The fourth-order valence-electron chi connectivity index (χ4n) is 2.31. The molecule has 0 bridgehead atoms. The summed E-state index contributed by atoms with van der Waals surface area (Å²) in [6.45, 7) is 0. The summed E-state index contributed by atoms with van der Waals surface area (Å²) in [5.41, 5.74) is 0. The lowest BCUT2D eigenvalue weighted by Crippen LogP contribution is -2.40. The predicted octanol–water partition coefficient (Wildman–Crippen LogP) is 4.21. The summed E-state index contributed by atoms with van der Waals surface area (Å²) in [5, 5.41) is 0.378. The van der Waals surface area contributed by atoms with Crippen LogP contribution in [-0.4, -0.2) is 19.8 Å². The average Bonchev–Trinajstić information content (AvgIpc) is 2.58. The molecule has 0 heterocycles. The zero-order valence-electron chi connectivity index (χ0n) is 10.8. The van der Waals surface area contributed by atoms with Crippen LogP contribution in [0.5, 0.6) is 0 Å². The summed E-state index contributed by atoms with van der Waals surface area (Å²) >= 11 is 17.9. The van der Waals surface area contributed by atoms with Crippen molar-refractivity contribution in [1.82, 2.24) is 4.72 Å². The molecule has 2 unspecified atom stereocenters. The van der Waals surface area contributed by atoms with E-state index >= 15 is 0 Å². The zero-order chi connectivity index (χ0) is 14.8. The van der Waals surface area contributed by atoms with E-state index in [9.17, 15) is 8.42 Å². The molecule has 1 aliphatic rings. The van der Waals surface area contributed by atoms with Gasteiger partial charge < -0.3 is 0 Å². The van der Waals surface area contributed by atoms with Crippen molar-refractivity contribution in [2.45, 2.75) is 48.4 Å². The van der Waals surface area contributed by atoms with Gasteiger partial charge in [-0.3, -0.25) is 0 Å². The maximum atomic E-state index is 12.4. The van der Waals surface area contributed by atoms with Crippen LogP contribution in [0.3, 0.4) is 0 Å². The fourth-order valence-corrected chi connectivity index (χ4v) is 4.42. The molecule has 0 amide bonds. The van der Waals surface area contributed by atoms with Crippen molar-refractivity contribution in [3.8, 4) is 0 Å². The lowest BCUT2D eigenvalue weighted by Gasteiger charge is -2.21. The number of rotatable bonds is 3. The molecule has 20 heavy (non-hydrogen) atoms. The Labute approximate surface area is 134 Å². The maximum Gasteiger partial charge on any atom is 0.240 e. The molecule has 1 aliphatic carbocycles. The molecule has 0 aromatic heterocycles. The van der Waals surface area contributed by atoms with E-state index < -0.39 is 10.0 Å². The molecule has 0 radical (unpaired) electrons. The van der Waals surface area contributed by atoms with E-state index in [1.165, 1.54) is 18.2 Å². The van der Waals surface area contributed by atoms with Gasteiger partial charge in [0.25, 0.3) is 0 Å². The normalized spacial score (nSPS) is 24.4. The van der Waals surface area contributed by atoms with Crippen molar-refractivity contribution in [2.24, 2.45) is 0 Å². The number of benzene rings is 1. The second-order valence-corrected chi connectivity index (χ2v) is 8.05. The second kappa shape index (κ2) is 6.84. The molecular formula is C13H16Cl3NO2S. The van der Waals surface area contributed by atoms with Gasteiger partial charge in [0.15, 0.2) is 0 Å². The van der Waals surface area contributed by atoms with Crippen LogP contribution in [0.1, 0.15) is 32.1 Å². The van der Waals surface area contributed by atoms with E-state index in [2.05, 4.69) is 4.72 Å². The van der Waals surface area contributed by atoms with Crippen LogP contribution < -0.4 is 4.72 Å². The summed E-state index contributed by atoms with van der Waals surface area (Å²) in [4.78, 5) is 0.111. The molecule has 0 aliphatic heterocycles. The molecule has 1 aromatic rings. The third-order valence-corrected chi connectivity index (χ3v) is 6.19. The molecule has 3 nitrogen and oxygen atoms in total. The smallest absolute Gasteiger partial charge is 0.207 e. The van der Waals surface area contributed by atoms with Crippen molar-refractivity contribution < 1.29 is 8.42 Å². The van der Waals surface area contributed by atoms with Gasteiger partial charge in [0.05, 0.1) is 14.9 Å². The van der Waals surface area contributed by atoms with Gasteiger partial charge in [-0.05, 0) is 31.0 Å². The Kier molecular flexibility index (Phi) is 5.60. The van der Waals surface area contributed by atoms with Crippen LogP contribution in [0.15, 0.2) is 23.1 Å². The van der Waals surface area contributed by atoms with Gasteiger partial charge in [0, 0.05) is 11.4 Å². The first-order valence-electron chi connectivity index (χ1n) is 6.51. The van der Waals surface area contributed by atoms with Crippen LogP contribution >= 0.6 is 34.8 Å². The van der Waals surface area contributed by atoms with Gasteiger partial charge in [-0.15, -0.1) is 11.6 Å². The Hall–Kier alpha value is -0.000000000000000111. The highest BCUT2D eigenvalue weighted by atomic mass is 35.5. The summed E-state index contributed by atoms with van der Waals surface area (Å²) in [6.07, 6.45) is 4.70. The van der Waals surface area contributed by atoms with Crippen LogP contribution in [0, 0.1) is 0 Å². The van der Waals surface area contributed by atoms with E-state index in [-0.39, 0.29) is 21.3 Å². The first-order chi connectivity index (χ1) is 9.40. The topological polar surface area (TPSA) is 46.2 Å². The van der Waals surface area contributed by atoms with Crippen LogP contribution in [-0.2, 0) is 10.0 Å². The minimum atomic E-state index is -3.63. The van der Waals surface area contributed by atoms with Crippen LogP contribution in [0.2, 0.25) is 10.0 Å². The molecule has 1 N–H and O–H groups in total. The van der Waals surface area contributed by atoms with Crippen molar-refractivity contribution in [3.63, 3.8) is 0 Å². The quantitative estimate of drug-likeness (QED) is 0.651. The first kappa shape index (κ1) is 16.4. The highest BCUT2D eigenvalue weighted by molar-refractivity contribution is 7.89. The molecule has 1 saturated carbocycles. The lowest BCUT2D eigenvalue weighted by atomic mass is 10.1. The minimum absolute atomic E-state index is 0.111. The molecule has 2 rings (SSSR count). The van der Waals surface area contributed by atoms with Gasteiger partial charge in [-0.2, -0.15) is 0 Å². The molecule has 1 fully saturated rings. The first-order valence-corrected chi connectivity index (χ1v) is 9.19. The summed E-state index contributed by atoms with van der Waals surface area (Å²) < 4.78 is 27.4. The molecular weight excluding hydrogens is 341 g/mol. The molecule has 1 aromatic carbocycles. The largest absolute Gasteiger partial charge is 0.240 e. The number of sulfonamides is 1. The monoisotopic (exact) mass is 355 g/mol. The van der Waals surface area contributed by atoms with E-state index in [4.69, 9.17) is 34.8 Å². The fraction of sp³-hybridized carbons (Fsp3) is 0.538. The van der Waals surface area contributed by atoms with E-state index in [1.54, 1.807) is 0 Å². The minimum Gasteiger partial charge on any atom is -0.207 e. The molecule has 0 spiro atoms. The molecule has 112 valence electrons. The van der Waals surface area contributed by atoms with Gasteiger partial charge >= 0.3 is 0 Å². The third kappa shape index (κ3) is 4.01. The Balaban J connectivity index is 2.19. The Morgan fingerprint density at radius 3 is 2.45 bits per heavy atom. The maximum absolute atomic E-state index is 12.4. The van der Waals surface area contributed by atoms with Crippen molar-refractivity contribution in [3.05, 3.63) is 28.2 Å². The van der Waals surface area contributed by atoms with E-state index in [1.807, 2.05) is 0 Å². The lowest BCUT2D eigenvalue weighted by molar-refractivity contribution is 0.514. The highest BCUT2D eigenvalue weighted by Crippen LogP contribution is 2.27. The summed E-state index contributed by atoms with van der Waals surface area (Å²) in [6, 6.07) is 4.03. The molecule has 7 heteroatoms. The number of hydrogen-bond acceptors (Lipinski definition) is 2. The van der Waals surface area contributed by atoms with Crippen LogP contribution in [0.4, 0.5) is 0 Å². The Morgan fingerprint density at radius 1 is 1.05 bits per heavy atom. The van der Waals surface area contributed by atoms with Crippen molar-refractivity contribution in [2.75, 3.05) is 0 Å². The Morgan fingerprint density at radius 2 is 1.75 bits per heavy atom. The van der Waals surface area contributed by atoms with Gasteiger partial charge in [0.2, 0.25) is 10.0 Å². The molecule has 0 saturated heterocycles. The van der Waals surface area contributed by atoms with Gasteiger partial charge in [-0.25, -0.2) is 13.1 Å². The van der Waals surface area contributed by atoms with Crippen LogP contribution in [0.25, 0.3) is 0 Å². The summed E-state index contributed by atoms with van der Waals surface area (Å²) in [5.74, 6) is 0. The molecule has 2 atom stereocenters. The van der Waals surface area contributed by atoms with Crippen molar-refractivity contribution >= 4 is 44.8 Å². The van der Waals surface area contributed by atoms with Gasteiger partial charge in [-0.1, -0.05) is 42.5 Å². The highest BCUT2D eigenvalue weighted by Gasteiger charge is 2.27. The number of nitrogens with one attached hydrogen (secondary N) is 1. The van der Waals surface area contributed by atoms with Crippen molar-refractivity contribution in [1.29, 1.82) is 0 Å². The number of halogens is 3. The van der Waals surface area contributed by atoms with Gasteiger partial charge in [0.1, 0.15) is 0 Å². The predicted molar refractivity (Wildman–Crippen MR) is 83.3 cm³/mol. The third-order valence-electron chi connectivity index (χ3n) is 3.44. The number of alkyl halides is 1. The standard InChI is InChI=1S/C13H16Cl3NO2S/c14-10-7-6-9(8-12(10)16)20(18,19)17-13-5-3-1-2-4-11(13)15/h6-8,11,13,17H,1-5H2. The van der Waals surface area contributed by atoms with E-state index in [0.717, 1.165) is 32.1 Å². The second-order valence-electron chi connectivity index (χ2n) is 4.96. The zero-order valence-corrected chi connectivity index (χ0v) is 13.9. The summed E-state index contributed by atoms with van der Waals surface area (Å²) in [7, 11) is -3.63. The SMILES string of the molecule is O=S(=O)(NC1CCCCCC1Cl)c1ccc(Cl)c(Cl)c1. The average molecular weight is 357 g/mol.